The third-order valence-electron chi connectivity index (χ3n) is 4.11. The van der Waals surface area contributed by atoms with Gasteiger partial charge in [0.25, 0.3) is 0 Å². The van der Waals surface area contributed by atoms with Crippen LogP contribution in [0.25, 0.3) is 0 Å². The molecule has 1 N–H and O–H groups in total. The van der Waals surface area contributed by atoms with Gasteiger partial charge >= 0.3 is 0 Å². The average Bonchev–Trinajstić information content (AvgIpc) is 3.03. The fraction of sp³-hybridized carbons (Fsp3) is 0.643. The number of hydrogen-bond donors (Lipinski definition) is 1. The van der Waals surface area contributed by atoms with Gasteiger partial charge in [0, 0.05) is 13.1 Å². The Bertz CT molecular complexity index is 696. The Morgan fingerprint density at radius 2 is 2.09 bits per heavy atom. The summed E-state index contributed by atoms with van der Waals surface area (Å²) in [6.45, 7) is 4.86. The normalized spacial score (nSPS) is 18.5. The molecule has 0 bridgehead atoms. The topological polar surface area (TPSA) is 99.0 Å². The van der Waals surface area contributed by atoms with E-state index < -0.39 is 15.3 Å². The van der Waals surface area contributed by atoms with Crippen molar-refractivity contribution in [3.8, 4) is 6.07 Å². The van der Waals surface area contributed by atoms with E-state index in [1.54, 1.807) is 0 Å². The van der Waals surface area contributed by atoms with Crippen LogP contribution in [0, 0.1) is 11.3 Å². The zero-order valence-electron chi connectivity index (χ0n) is 13.1. The predicted molar refractivity (Wildman–Crippen MR) is 84.1 cm³/mol. The molecule has 1 saturated heterocycles. The fourth-order valence-corrected chi connectivity index (χ4v) is 3.97. The summed E-state index contributed by atoms with van der Waals surface area (Å²) in [6, 6.07) is 2.23. The lowest BCUT2D eigenvalue weighted by Gasteiger charge is -2.20. The van der Waals surface area contributed by atoms with Crippen molar-refractivity contribution in [3.63, 3.8) is 0 Å². The molecule has 0 spiro atoms. The van der Waals surface area contributed by atoms with Crippen molar-refractivity contribution in [2.24, 2.45) is 0 Å². The van der Waals surface area contributed by atoms with Gasteiger partial charge in [0.15, 0.2) is 5.82 Å². The van der Waals surface area contributed by atoms with E-state index in [4.69, 9.17) is 0 Å². The molecule has 8 heteroatoms. The molecule has 0 radical (unpaired) electrons. The molecule has 2 heterocycles. The maximum atomic E-state index is 11.9. The van der Waals surface area contributed by atoms with Crippen LogP contribution in [0.5, 0.6) is 0 Å². The zero-order chi connectivity index (χ0) is 16.3. The van der Waals surface area contributed by atoms with Crippen LogP contribution in [0.4, 0.5) is 5.82 Å². The second-order valence-corrected chi connectivity index (χ2v) is 7.41. The summed E-state index contributed by atoms with van der Waals surface area (Å²) in [6.07, 6.45) is 1.95. The monoisotopic (exact) mass is 323 g/mol. The number of sulfonamides is 1. The summed E-state index contributed by atoms with van der Waals surface area (Å²) in [4.78, 5) is 1.85. The molecule has 120 valence electrons. The van der Waals surface area contributed by atoms with E-state index in [1.807, 2.05) is 18.7 Å². The Balaban J connectivity index is 2.37. The minimum atomic E-state index is -3.31. The first-order valence-electron chi connectivity index (χ1n) is 7.44. The molecule has 1 aromatic heterocycles. The fourth-order valence-electron chi connectivity index (χ4n) is 2.84. The van der Waals surface area contributed by atoms with E-state index in [9.17, 15) is 13.7 Å². The van der Waals surface area contributed by atoms with Crippen molar-refractivity contribution in [1.82, 2.24) is 14.9 Å². The Labute approximate surface area is 131 Å². The van der Waals surface area contributed by atoms with Gasteiger partial charge in [0.05, 0.1) is 10.9 Å². The lowest BCUT2D eigenvalue weighted by Crippen LogP contribution is -2.34. The number of nitrogens with one attached hydrogen (secondary N) is 1. The third-order valence-corrected chi connectivity index (χ3v) is 5.94. The van der Waals surface area contributed by atoms with Crippen LogP contribution >= 0.6 is 0 Å². The maximum absolute atomic E-state index is 11.9. The number of hydrogen-bond acceptors (Lipinski definition) is 6. The highest BCUT2D eigenvalue weighted by Crippen LogP contribution is 2.27. The highest BCUT2D eigenvalue weighted by atomic mass is 32.2. The number of nitriles is 1. The molecule has 0 amide bonds. The van der Waals surface area contributed by atoms with E-state index >= 15 is 0 Å². The standard InChI is InChI=1S/C14H21N5O2S/c1-4-11-12(8-15)14(18-17-13(11)5-2)19-7-6-10(9-19)22(20,21)16-3/h10,16H,4-7,9H2,1-3H3. The van der Waals surface area contributed by atoms with Crippen molar-refractivity contribution < 1.29 is 8.42 Å². The molecule has 1 unspecified atom stereocenters. The van der Waals surface area contributed by atoms with E-state index in [1.165, 1.54) is 7.05 Å². The van der Waals surface area contributed by atoms with E-state index in [0.29, 0.717) is 37.3 Å². The molecule has 0 saturated carbocycles. The van der Waals surface area contributed by atoms with Gasteiger partial charge in [-0.05, 0) is 31.9 Å². The molecule has 1 aliphatic heterocycles. The first-order chi connectivity index (χ1) is 10.5. The van der Waals surface area contributed by atoms with Crippen LogP contribution in [-0.4, -0.2) is 44.0 Å². The molecule has 1 aromatic rings. The van der Waals surface area contributed by atoms with Crippen LogP contribution in [0.2, 0.25) is 0 Å². The maximum Gasteiger partial charge on any atom is 0.216 e. The Morgan fingerprint density at radius 3 is 2.64 bits per heavy atom. The summed E-state index contributed by atoms with van der Waals surface area (Å²) in [7, 11) is -1.89. The summed E-state index contributed by atoms with van der Waals surface area (Å²) in [5.41, 5.74) is 2.27. The van der Waals surface area contributed by atoms with Gasteiger partial charge in [-0.3, -0.25) is 0 Å². The van der Waals surface area contributed by atoms with E-state index in [0.717, 1.165) is 17.7 Å². The first kappa shape index (κ1) is 16.6. The van der Waals surface area contributed by atoms with Crippen molar-refractivity contribution in [2.45, 2.75) is 38.4 Å². The van der Waals surface area contributed by atoms with Gasteiger partial charge < -0.3 is 4.90 Å². The van der Waals surface area contributed by atoms with Gasteiger partial charge in [0.2, 0.25) is 10.0 Å². The number of anilines is 1. The Morgan fingerprint density at radius 1 is 1.36 bits per heavy atom. The lowest BCUT2D eigenvalue weighted by molar-refractivity contribution is 0.575. The number of rotatable bonds is 5. The minimum Gasteiger partial charge on any atom is -0.353 e. The molecule has 1 atom stereocenters. The highest BCUT2D eigenvalue weighted by molar-refractivity contribution is 7.90. The minimum absolute atomic E-state index is 0.334. The smallest absolute Gasteiger partial charge is 0.216 e. The van der Waals surface area contributed by atoms with Gasteiger partial charge in [0.1, 0.15) is 11.6 Å². The number of nitrogens with zero attached hydrogens (tertiary/aromatic N) is 4. The van der Waals surface area contributed by atoms with Crippen molar-refractivity contribution in [2.75, 3.05) is 25.0 Å². The molecule has 2 rings (SSSR count). The molecule has 0 aromatic carbocycles. The second kappa shape index (κ2) is 6.58. The molecule has 22 heavy (non-hydrogen) atoms. The molecule has 1 fully saturated rings. The summed E-state index contributed by atoms with van der Waals surface area (Å²) in [5.74, 6) is 0.505. The summed E-state index contributed by atoms with van der Waals surface area (Å²) >= 11 is 0. The SMILES string of the molecule is CCc1nnc(N2CCC(S(=O)(=O)NC)C2)c(C#N)c1CC. The zero-order valence-corrected chi connectivity index (χ0v) is 13.9. The van der Waals surface area contributed by atoms with Crippen LogP contribution < -0.4 is 9.62 Å². The largest absolute Gasteiger partial charge is 0.353 e. The van der Waals surface area contributed by atoms with Gasteiger partial charge in [-0.15, -0.1) is 5.10 Å². The quantitative estimate of drug-likeness (QED) is 0.852. The van der Waals surface area contributed by atoms with E-state index in [2.05, 4.69) is 21.0 Å². The Hall–Kier alpha value is -1.72. The van der Waals surface area contributed by atoms with Gasteiger partial charge in [-0.25, -0.2) is 13.1 Å². The third kappa shape index (κ3) is 2.91. The van der Waals surface area contributed by atoms with Crippen LogP contribution in [0.3, 0.4) is 0 Å². The Kier molecular flexibility index (Phi) is 4.98. The first-order valence-corrected chi connectivity index (χ1v) is 8.98. The second-order valence-electron chi connectivity index (χ2n) is 5.25. The molecule has 7 nitrogen and oxygen atoms in total. The van der Waals surface area contributed by atoms with Crippen molar-refractivity contribution in [1.29, 1.82) is 5.26 Å². The predicted octanol–water partition coefficient (Wildman–Crippen LogP) is 0.601. The highest BCUT2D eigenvalue weighted by Gasteiger charge is 2.34. The van der Waals surface area contributed by atoms with Crippen molar-refractivity contribution >= 4 is 15.8 Å². The number of aromatic nitrogens is 2. The molecular formula is C14H21N5O2S. The lowest BCUT2D eigenvalue weighted by atomic mass is 10.0. The van der Waals surface area contributed by atoms with Gasteiger partial charge in [-0.2, -0.15) is 10.4 Å². The van der Waals surface area contributed by atoms with Crippen LogP contribution in [0.15, 0.2) is 0 Å². The summed E-state index contributed by atoms with van der Waals surface area (Å²) < 4.78 is 26.2. The average molecular weight is 323 g/mol. The van der Waals surface area contributed by atoms with Crippen molar-refractivity contribution in [3.05, 3.63) is 16.8 Å². The summed E-state index contributed by atoms with van der Waals surface area (Å²) in [5, 5.41) is 17.4. The molecule has 0 aliphatic carbocycles. The van der Waals surface area contributed by atoms with Crippen LogP contribution in [0.1, 0.15) is 37.1 Å². The van der Waals surface area contributed by atoms with E-state index in [-0.39, 0.29) is 0 Å². The van der Waals surface area contributed by atoms with Gasteiger partial charge in [-0.1, -0.05) is 13.8 Å². The number of aryl methyl sites for hydroxylation is 1. The molecule has 1 aliphatic rings. The van der Waals surface area contributed by atoms with Crippen LogP contribution in [-0.2, 0) is 22.9 Å². The molecular weight excluding hydrogens is 302 g/mol.